The molecule has 1 atom stereocenters. The van der Waals surface area contributed by atoms with Crippen molar-refractivity contribution in [2.45, 2.75) is 32.3 Å². The number of hydrogen-bond donors (Lipinski definition) is 2. The largest absolute Gasteiger partial charge is 0.444 e. The number of rotatable bonds is 5. The van der Waals surface area contributed by atoms with E-state index in [2.05, 4.69) is 5.32 Å². The number of carbonyl (C=O) groups excluding carboxylic acids is 1. The van der Waals surface area contributed by atoms with Crippen LogP contribution in [0.2, 0.25) is 0 Å². The third-order valence-electron chi connectivity index (χ3n) is 2.80. The predicted molar refractivity (Wildman–Crippen MR) is 79.1 cm³/mol. The molecule has 22 heavy (non-hydrogen) atoms. The molecule has 3 N–H and O–H groups in total. The van der Waals surface area contributed by atoms with Crippen molar-refractivity contribution in [3.63, 3.8) is 0 Å². The fourth-order valence-corrected chi connectivity index (χ4v) is 1.86. The van der Waals surface area contributed by atoms with Gasteiger partial charge in [0.15, 0.2) is 0 Å². The van der Waals surface area contributed by atoms with Crippen LogP contribution in [-0.2, 0) is 4.74 Å². The molecular weight excluding hydrogens is 293 g/mol. The summed E-state index contributed by atoms with van der Waals surface area (Å²) in [6.45, 7) is 5.16. The van der Waals surface area contributed by atoms with Gasteiger partial charge in [-0.05, 0) is 32.9 Å². The Bertz CT molecular complexity index is 558. The maximum absolute atomic E-state index is 13.4. The van der Waals surface area contributed by atoms with Gasteiger partial charge in [0.25, 0.3) is 5.69 Å². The van der Waals surface area contributed by atoms with E-state index in [1.165, 1.54) is 0 Å². The van der Waals surface area contributed by atoms with Gasteiger partial charge in [0.05, 0.1) is 4.92 Å². The Morgan fingerprint density at radius 3 is 2.64 bits per heavy atom. The summed E-state index contributed by atoms with van der Waals surface area (Å²) in [5, 5.41) is 13.5. The highest BCUT2D eigenvalue weighted by Crippen LogP contribution is 2.26. The van der Waals surface area contributed by atoms with E-state index in [4.69, 9.17) is 10.5 Å². The average molecular weight is 313 g/mol. The molecule has 0 bridgehead atoms. The van der Waals surface area contributed by atoms with Gasteiger partial charge in [-0.3, -0.25) is 10.1 Å². The number of nitro benzene ring substituents is 1. The van der Waals surface area contributed by atoms with E-state index >= 15 is 0 Å². The van der Waals surface area contributed by atoms with Gasteiger partial charge < -0.3 is 15.8 Å². The van der Waals surface area contributed by atoms with Crippen LogP contribution >= 0.6 is 0 Å². The first-order chi connectivity index (χ1) is 10.1. The van der Waals surface area contributed by atoms with Crippen LogP contribution in [0.1, 0.15) is 32.3 Å². The van der Waals surface area contributed by atoms with Gasteiger partial charge in [-0.25, -0.2) is 9.18 Å². The molecule has 8 heteroatoms. The smallest absolute Gasteiger partial charge is 0.407 e. The summed E-state index contributed by atoms with van der Waals surface area (Å²) in [4.78, 5) is 22.0. The van der Waals surface area contributed by atoms with Crippen molar-refractivity contribution in [1.82, 2.24) is 5.32 Å². The van der Waals surface area contributed by atoms with Gasteiger partial charge in [0, 0.05) is 30.6 Å². The van der Waals surface area contributed by atoms with Crippen molar-refractivity contribution in [3.05, 3.63) is 39.7 Å². The third kappa shape index (κ3) is 5.28. The Balaban J connectivity index is 2.87. The summed E-state index contributed by atoms with van der Waals surface area (Å²) in [5.41, 5.74) is 4.85. The van der Waals surface area contributed by atoms with Crippen LogP contribution < -0.4 is 11.1 Å². The minimum atomic E-state index is -0.662. The number of nitrogens with two attached hydrogens (primary N) is 1. The van der Waals surface area contributed by atoms with E-state index in [0.29, 0.717) is 0 Å². The maximum Gasteiger partial charge on any atom is 0.407 e. The number of amides is 1. The summed E-state index contributed by atoms with van der Waals surface area (Å²) in [7, 11) is 0. The quantitative estimate of drug-likeness (QED) is 0.640. The number of carbonyl (C=O) groups is 1. The second-order valence-corrected chi connectivity index (χ2v) is 5.78. The Morgan fingerprint density at radius 1 is 1.50 bits per heavy atom. The van der Waals surface area contributed by atoms with Gasteiger partial charge in [0.2, 0.25) is 0 Å². The van der Waals surface area contributed by atoms with Crippen LogP contribution in [0.3, 0.4) is 0 Å². The summed E-state index contributed by atoms with van der Waals surface area (Å²) < 4.78 is 18.4. The molecule has 0 aromatic heterocycles. The molecule has 0 aliphatic carbocycles. The van der Waals surface area contributed by atoms with E-state index in [-0.39, 0.29) is 24.3 Å². The van der Waals surface area contributed by atoms with Crippen molar-refractivity contribution in [2.75, 3.05) is 13.1 Å². The molecule has 122 valence electrons. The fraction of sp³-hybridized carbons (Fsp3) is 0.500. The molecule has 1 aromatic carbocycles. The van der Waals surface area contributed by atoms with Crippen molar-refractivity contribution in [2.24, 2.45) is 5.73 Å². The average Bonchev–Trinajstić information content (AvgIpc) is 2.37. The van der Waals surface area contributed by atoms with Crippen molar-refractivity contribution in [3.8, 4) is 0 Å². The number of nitrogens with one attached hydrogen (secondary N) is 1. The van der Waals surface area contributed by atoms with Crippen molar-refractivity contribution < 1.29 is 18.8 Å². The van der Waals surface area contributed by atoms with E-state index in [0.717, 1.165) is 18.2 Å². The summed E-state index contributed by atoms with van der Waals surface area (Å²) in [5.74, 6) is -1.19. The zero-order valence-corrected chi connectivity index (χ0v) is 12.8. The zero-order valence-electron chi connectivity index (χ0n) is 12.8. The molecule has 0 fully saturated rings. The first-order valence-corrected chi connectivity index (χ1v) is 6.75. The normalized spacial score (nSPS) is 12.6. The van der Waals surface area contributed by atoms with Crippen LogP contribution in [-0.4, -0.2) is 29.7 Å². The molecule has 0 aliphatic heterocycles. The lowest BCUT2D eigenvalue weighted by molar-refractivity contribution is -0.385. The molecule has 0 heterocycles. The second-order valence-electron chi connectivity index (χ2n) is 5.78. The van der Waals surface area contributed by atoms with Gasteiger partial charge in [0.1, 0.15) is 11.4 Å². The SMILES string of the molecule is CC(C)(C)OC(=O)NCC(CN)c1cc(F)ccc1[N+](=O)[O-]. The molecule has 0 aliphatic rings. The van der Waals surface area contributed by atoms with E-state index in [9.17, 15) is 19.3 Å². The van der Waals surface area contributed by atoms with Crippen LogP contribution in [0.4, 0.5) is 14.9 Å². The molecule has 1 unspecified atom stereocenters. The minimum Gasteiger partial charge on any atom is -0.444 e. The Morgan fingerprint density at radius 2 is 2.14 bits per heavy atom. The first-order valence-electron chi connectivity index (χ1n) is 6.75. The lowest BCUT2D eigenvalue weighted by Crippen LogP contribution is -2.36. The monoisotopic (exact) mass is 313 g/mol. The van der Waals surface area contributed by atoms with Crippen LogP contribution in [0.5, 0.6) is 0 Å². The molecule has 0 saturated carbocycles. The number of hydrogen-bond acceptors (Lipinski definition) is 5. The fourth-order valence-electron chi connectivity index (χ4n) is 1.86. The molecule has 1 amide bonds. The highest BCUT2D eigenvalue weighted by molar-refractivity contribution is 5.67. The molecule has 0 saturated heterocycles. The lowest BCUT2D eigenvalue weighted by Gasteiger charge is -2.21. The van der Waals surface area contributed by atoms with E-state index < -0.39 is 28.4 Å². The summed E-state index contributed by atoms with van der Waals surface area (Å²) in [6.07, 6.45) is -0.662. The molecular formula is C14H20FN3O4. The highest BCUT2D eigenvalue weighted by Gasteiger charge is 2.23. The zero-order chi connectivity index (χ0) is 16.9. The number of nitro groups is 1. The standard InChI is InChI=1S/C14H20FN3O4/c1-14(2,3)22-13(19)17-8-9(7-16)11-6-10(15)4-5-12(11)18(20)21/h4-6,9H,7-8,16H2,1-3H3,(H,17,19). The van der Waals surface area contributed by atoms with Gasteiger partial charge in [-0.15, -0.1) is 0 Å². The Labute approximate surface area is 127 Å². The van der Waals surface area contributed by atoms with Crippen LogP contribution in [0.25, 0.3) is 0 Å². The van der Waals surface area contributed by atoms with Gasteiger partial charge in [-0.1, -0.05) is 0 Å². The first kappa shape index (κ1) is 17.8. The minimum absolute atomic E-state index is 0.00963. The van der Waals surface area contributed by atoms with Crippen molar-refractivity contribution >= 4 is 11.8 Å². The summed E-state index contributed by atoms with van der Waals surface area (Å²) >= 11 is 0. The number of nitrogens with zero attached hydrogens (tertiary/aromatic N) is 1. The second kappa shape index (κ2) is 7.17. The maximum atomic E-state index is 13.4. The topological polar surface area (TPSA) is 107 Å². The number of benzene rings is 1. The lowest BCUT2D eigenvalue weighted by atomic mass is 9.97. The van der Waals surface area contributed by atoms with Crippen molar-refractivity contribution in [1.29, 1.82) is 0 Å². The number of ether oxygens (including phenoxy) is 1. The highest BCUT2D eigenvalue weighted by atomic mass is 19.1. The molecule has 0 spiro atoms. The third-order valence-corrected chi connectivity index (χ3v) is 2.80. The Kier molecular flexibility index (Phi) is 5.81. The number of alkyl carbamates (subject to hydrolysis) is 1. The van der Waals surface area contributed by atoms with E-state index in [1.807, 2.05) is 0 Å². The Hall–Kier alpha value is -2.22. The van der Waals surface area contributed by atoms with E-state index in [1.54, 1.807) is 20.8 Å². The van der Waals surface area contributed by atoms with Gasteiger partial charge >= 0.3 is 6.09 Å². The number of halogens is 1. The van der Waals surface area contributed by atoms with Crippen LogP contribution in [0, 0.1) is 15.9 Å². The molecule has 0 radical (unpaired) electrons. The molecule has 1 rings (SSSR count). The molecule has 1 aromatic rings. The van der Waals surface area contributed by atoms with Crippen LogP contribution in [0.15, 0.2) is 18.2 Å². The van der Waals surface area contributed by atoms with Gasteiger partial charge in [-0.2, -0.15) is 0 Å². The predicted octanol–water partition coefficient (Wildman–Crippen LogP) is 2.30. The molecule has 7 nitrogen and oxygen atoms in total. The summed E-state index contributed by atoms with van der Waals surface area (Å²) in [6, 6.07) is 3.16.